The topological polar surface area (TPSA) is 60.5 Å². The first kappa shape index (κ1) is 18.8. The quantitative estimate of drug-likeness (QED) is 0.797. The van der Waals surface area contributed by atoms with Crippen LogP contribution in [0, 0.1) is 17.8 Å². The average Bonchev–Trinajstić information content (AvgIpc) is 2.99. The van der Waals surface area contributed by atoms with Crippen LogP contribution in [0.1, 0.15) is 32.6 Å². The molecule has 1 amide bonds. The molecule has 0 aliphatic heterocycles. The molecule has 0 bridgehead atoms. The minimum absolute atomic E-state index is 0.101. The minimum Gasteiger partial charge on any atom is -0.493 e. The standard InChI is InChI=1S/C19H22N2O3S/c1-13(2)12-23-16-6-8-17(9-7-16)24-19-20-11-18(25-19)10-5-14(3)21-15(4)22/h6-9,11,13-14H,12H2,1-4H3,(H,21,22). The maximum absolute atomic E-state index is 11.0. The zero-order valence-electron chi connectivity index (χ0n) is 14.8. The van der Waals surface area contributed by atoms with Gasteiger partial charge in [0, 0.05) is 6.92 Å². The number of nitrogens with one attached hydrogen (secondary N) is 1. The molecule has 1 aromatic heterocycles. The summed E-state index contributed by atoms with van der Waals surface area (Å²) in [5.41, 5.74) is 0. The molecule has 0 saturated heterocycles. The van der Waals surface area contributed by atoms with Crippen molar-refractivity contribution in [2.45, 2.75) is 33.7 Å². The summed E-state index contributed by atoms with van der Waals surface area (Å²) < 4.78 is 11.4. The van der Waals surface area contributed by atoms with Crippen molar-refractivity contribution in [3.8, 4) is 28.5 Å². The van der Waals surface area contributed by atoms with Gasteiger partial charge >= 0.3 is 0 Å². The molecule has 6 heteroatoms. The van der Waals surface area contributed by atoms with E-state index in [2.05, 4.69) is 36.0 Å². The number of ether oxygens (including phenoxy) is 2. The first-order chi connectivity index (χ1) is 11.9. The summed E-state index contributed by atoms with van der Waals surface area (Å²) in [6, 6.07) is 7.24. The molecule has 2 aromatic rings. The van der Waals surface area contributed by atoms with Crippen LogP contribution < -0.4 is 14.8 Å². The van der Waals surface area contributed by atoms with Crippen LogP contribution in [0.2, 0.25) is 0 Å². The molecule has 1 atom stereocenters. The van der Waals surface area contributed by atoms with E-state index < -0.39 is 0 Å². The van der Waals surface area contributed by atoms with Crippen molar-refractivity contribution in [3.63, 3.8) is 0 Å². The molecule has 0 aliphatic rings. The second-order valence-electron chi connectivity index (χ2n) is 5.96. The lowest BCUT2D eigenvalue weighted by atomic mass is 10.2. The highest BCUT2D eigenvalue weighted by Crippen LogP contribution is 2.27. The Labute approximate surface area is 152 Å². The molecule has 0 radical (unpaired) electrons. The van der Waals surface area contributed by atoms with E-state index in [0.29, 0.717) is 23.5 Å². The summed E-state index contributed by atoms with van der Waals surface area (Å²) >= 11 is 1.36. The third-order valence-electron chi connectivity index (χ3n) is 2.93. The Morgan fingerprint density at radius 3 is 2.56 bits per heavy atom. The number of carbonyl (C=O) groups is 1. The second kappa shape index (κ2) is 9.09. The SMILES string of the molecule is CC(=O)NC(C)C#Cc1cnc(Oc2ccc(OCC(C)C)cc2)s1. The van der Waals surface area contributed by atoms with Crippen molar-refractivity contribution in [2.75, 3.05) is 6.61 Å². The maximum atomic E-state index is 11.0. The van der Waals surface area contributed by atoms with E-state index in [1.165, 1.54) is 18.3 Å². The Morgan fingerprint density at radius 2 is 1.92 bits per heavy atom. The van der Waals surface area contributed by atoms with Crippen LogP contribution >= 0.6 is 11.3 Å². The number of carbonyl (C=O) groups excluding carboxylic acids is 1. The van der Waals surface area contributed by atoms with Crippen LogP contribution in [-0.4, -0.2) is 23.5 Å². The summed E-state index contributed by atoms with van der Waals surface area (Å²) in [4.78, 5) is 15.9. The Kier molecular flexibility index (Phi) is 6.84. The zero-order valence-corrected chi connectivity index (χ0v) is 15.6. The fourth-order valence-electron chi connectivity index (χ4n) is 1.85. The Balaban J connectivity index is 1.92. The molecule has 1 heterocycles. The average molecular weight is 358 g/mol. The van der Waals surface area contributed by atoms with Gasteiger partial charge in [0.05, 0.1) is 18.8 Å². The van der Waals surface area contributed by atoms with Crippen LogP contribution in [0.5, 0.6) is 16.7 Å². The van der Waals surface area contributed by atoms with Crippen molar-refractivity contribution in [1.82, 2.24) is 10.3 Å². The molecular weight excluding hydrogens is 336 g/mol. The van der Waals surface area contributed by atoms with Crippen LogP contribution in [0.15, 0.2) is 30.5 Å². The van der Waals surface area contributed by atoms with Crippen LogP contribution in [0.25, 0.3) is 0 Å². The number of rotatable bonds is 6. The number of hydrogen-bond acceptors (Lipinski definition) is 5. The highest BCUT2D eigenvalue weighted by atomic mass is 32.1. The van der Waals surface area contributed by atoms with Gasteiger partial charge in [0.1, 0.15) is 16.4 Å². The number of aromatic nitrogens is 1. The monoisotopic (exact) mass is 358 g/mol. The lowest BCUT2D eigenvalue weighted by molar-refractivity contribution is -0.119. The lowest BCUT2D eigenvalue weighted by Crippen LogP contribution is -2.28. The minimum atomic E-state index is -0.206. The van der Waals surface area contributed by atoms with E-state index in [0.717, 1.165) is 10.6 Å². The summed E-state index contributed by atoms with van der Waals surface area (Å²) in [5, 5.41) is 3.23. The molecule has 0 fully saturated rings. The third-order valence-corrected chi connectivity index (χ3v) is 3.72. The second-order valence-corrected chi connectivity index (χ2v) is 6.95. The van der Waals surface area contributed by atoms with Crippen molar-refractivity contribution >= 4 is 17.2 Å². The normalized spacial score (nSPS) is 11.4. The lowest BCUT2D eigenvalue weighted by Gasteiger charge is -2.09. The number of hydrogen-bond donors (Lipinski definition) is 1. The van der Waals surface area contributed by atoms with Gasteiger partial charge in [0.15, 0.2) is 0 Å². The molecule has 25 heavy (non-hydrogen) atoms. The summed E-state index contributed by atoms with van der Waals surface area (Å²) in [7, 11) is 0. The molecule has 0 aliphatic carbocycles. The van der Waals surface area contributed by atoms with Crippen LogP contribution in [0.3, 0.4) is 0 Å². The van der Waals surface area contributed by atoms with E-state index >= 15 is 0 Å². The number of amides is 1. The van der Waals surface area contributed by atoms with Gasteiger partial charge in [-0.15, -0.1) is 0 Å². The predicted octanol–water partition coefficient (Wildman–Crippen LogP) is 3.85. The molecule has 0 spiro atoms. The maximum Gasteiger partial charge on any atom is 0.279 e. The third kappa shape index (κ3) is 6.86. The summed E-state index contributed by atoms with van der Waals surface area (Å²) in [6.07, 6.45) is 1.66. The molecule has 5 nitrogen and oxygen atoms in total. The number of thiazole rings is 1. The predicted molar refractivity (Wildman–Crippen MR) is 99.1 cm³/mol. The van der Waals surface area contributed by atoms with Gasteiger partial charge in [-0.2, -0.15) is 0 Å². The highest BCUT2D eigenvalue weighted by Gasteiger charge is 2.04. The van der Waals surface area contributed by atoms with Crippen molar-refractivity contribution in [3.05, 3.63) is 35.3 Å². The van der Waals surface area contributed by atoms with Gasteiger partial charge in [0.25, 0.3) is 5.19 Å². The van der Waals surface area contributed by atoms with Gasteiger partial charge in [-0.1, -0.05) is 37.0 Å². The largest absolute Gasteiger partial charge is 0.493 e. The van der Waals surface area contributed by atoms with Crippen molar-refractivity contribution < 1.29 is 14.3 Å². The summed E-state index contributed by atoms with van der Waals surface area (Å²) in [5.74, 6) is 7.83. The molecule has 1 unspecified atom stereocenters. The fraction of sp³-hybridized carbons (Fsp3) is 0.368. The van der Waals surface area contributed by atoms with Crippen LogP contribution in [-0.2, 0) is 4.79 Å². The Bertz CT molecular complexity index is 757. The first-order valence-electron chi connectivity index (χ1n) is 8.07. The fourth-order valence-corrected chi connectivity index (χ4v) is 2.50. The van der Waals surface area contributed by atoms with E-state index in [1.807, 2.05) is 31.2 Å². The van der Waals surface area contributed by atoms with E-state index in [-0.39, 0.29) is 11.9 Å². The molecule has 132 valence electrons. The Hall–Kier alpha value is -2.52. The Morgan fingerprint density at radius 1 is 1.24 bits per heavy atom. The van der Waals surface area contributed by atoms with Gasteiger partial charge < -0.3 is 14.8 Å². The highest BCUT2D eigenvalue weighted by molar-refractivity contribution is 7.13. The first-order valence-corrected chi connectivity index (χ1v) is 8.89. The smallest absolute Gasteiger partial charge is 0.279 e. The van der Waals surface area contributed by atoms with Gasteiger partial charge in [-0.05, 0) is 37.1 Å². The summed E-state index contributed by atoms with van der Waals surface area (Å²) in [6.45, 7) is 8.20. The molecule has 1 N–H and O–H groups in total. The van der Waals surface area contributed by atoms with Crippen LogP contribution in [0.4, 0.5) is 0 Å². The number of benzene rings is 1. The molecule has 2 rings (SSSR count). The van der Waals surface area contributed by atoms with Gasteiger partial charge in [-0.25, -0.2) is 4.98 Å². The zero-order chi connectivity index (χ0) is 18.2. The van der Waals surface area contributed by atoms with Crippen molar-refractivity contribution in [2.24, 2.45) is 5.92 Å². The van der Waals surface area contributed by atoms with E-state index in [1.54, 1.807) is 6.20 Å². The molecule has 0 saturated carbocycles. The number of nitrogens with zero attached hydrogens (tertiary/aromatic N) is 1. The molecule has 1 aromatic carbocycles. The van der Waals surface area contributed by atoms with Gasteiger partial charge in [-0.3, -0.25) is 4.79 Å². The molecular formula is C19H22N2O3S. The van der Waals surface area contributed by atoms with E-state index in [9.17, 15) is 4.79 Å². The van der Waals surface area contributed by atoms with Gasteiger partial charge in [0.2, 0.25) is 5.91 Å². The van der Waals surface area contributed by atoms with Crippen molar-refractivity contribution in [1.29, 1.82) is 0 Å². The van der Waals surface area contributed by atoms with E-state index in [4.69, 9.17) is 9.47 Å².